The van der Waals surface area contributed by atoms with Crippen LogP contribution in [-0.2, 0) is 4.79 Å². The standard InChI is InChI=1S/C12H18N2O/c1-12(9-13)5-7-14(8-6-12)11(15)10-3-2-4-10/h10H,2-8H2,1H3. The maximum Gasteiger partial charge on any atom is 0.225 e. The highest BCUT2D eigenvalue weighted by molar-refractivity contribution is 5.79. The predicted octanol–water partition coefficient (Wildman–Crippen LogP) is 1.94. The van der Waals surface area contributed by atoms with E-state index in [9.17, 15) is 4.79 Å². The number of nitrogens with zero attached hydrogens (tertiary/aromatic N) is 2. The van der Waals surface area contributed by atoms with Gasteiger partial charge in [-0.3, -0.25) is 4.79 Å². The Balaban J connectivity index is 1.88. The summed E-state index contributed by atoms with van der Waals surface area (Å²) >= 11 is 0. The van der Waals surface area contributed by atoms with Gasteiger partial charge in [0, 0.05) is 19.0 Å². The average Bonchev–Trinajstić information content (AvgIpc) is 2.16. The van der Waals surface area contributed by atoms with Gasteiger partial charge in [-0.05, 0) is 32.6 Å². The van der Waals surface area contributed by atoms with E-state index < -0.39 is 0 Å². The summed E-state index contributed by atoms with van der Waals surface area (Å²) in [7, 11) is 0. The fraction of sp³-hybridized carbons (Fsp3) is 0.833. The topological polar surface area (TPSA) is 44.1 Å². The van der Waals surface area contributed by atoms with Crippen LogP contribution in [0.2, 0.25) is 0 Å². The molecule has 2 rings (SSSR count). The van der Waals surface area contributed by atoms with Gasteiger partial charge in [0.15, 0.2) is 0 Å². The third-order valence-corrected chi connectivity index (χ3v) is 3.90. The van der Waals surface area contributed by atoms with E-state index in [1.807, 2.05) is 11.8 Å². The molecule has 0 spiro atoms. The van der Waals surface area contributed by atoms with Gasteiger partial charge in [0.2, 0.25) is 5.91 Å². The molecule has 15 heavy (non-hydrogen) atoms. The van der Waals surface area contributed by atoms with Crippen LogP contribution in [0, 0.1) is 22.7 Å². The van der Waals surface area contributed by atoms with Crippen molar-refractivity contribution in [2.75, 3.05) is 13.1 Å². The molecule has 0 aromatic carbocycles. The lowest BCUT2D eigenvalue weighted by Gasteiger charge is -2.38. The Hall–Kier alpha value is -1.04. The lowest BCUT2D eigenvalue weighted by molar-refractivity contribution is -0.139. The molecule has 3 nitrogen and oxygen atoms in total. The van der Waals surface area contributed by atoms with Gasteiger partial charge in [-0.2, -0.15) is 5.26 Å². The number of piperidine rings is 1. The van der Waals surface area contributed by atoms with E-state index in [2.05, 4.69) is 6.07 Å². The molecule has 1 aliphatic carbocycles. The fourth-order valence-corrected chi connectivity index (χ4v) is 2.25. The van der Waals surface area contributed by atoms with Gasteiger partial charge in [0.05, 0.1) is 11.5 Å². The van der Waals surface area contributed by atoms with Gasteiger partial charge in [0.25, 0.3) is 0 Å². The van der Waals surface area contributed by atoms with Crippen LogP contribution in [0.5, 0.6) is 0 Å². The number of likely N-dealkylation sites (tertiary alicyclic amines) is 1. The zero-order valence-electron chi connectivity index (χ0n) is 9.33. The first-order chi connectivity index (χ1) is 7.14. The van der Waals surface area contributed by atoms with Gasteiger partial charge in [-0.15, -0.1) is 0 Å². The molecular weight excluding hydrogens is 188 g/mol. The first-order valence-corrected chi connectivity index (χ1v) is 5.85. The number of carbonyl (C=O) groups is 1. The first-order valence-electron chi connectivity index (χ1n) is 5.85. The Morgan fingerprint density at radius 1 is 1.40 bits per heavy atom. The molecule has 0 unspecified atom stereocenters. The number of rotatable bonds is 1. The number of carbonyl (C=O) groups excluding carboxylic acids is 1. The lowest BCUT2D eigenvalue weighted by atomic mass is 9.80. The highest BCUT2D eigenvalue weighted by Crippen LogP contribution is 2.33. The van der Waals surface area contributed by atoms with Crippen LogP contribution < -0.4 is 0 Å². The normalized spacial score (nSPS) is 25.5. The van der Waals surface area contributed by atoms with Crippen LogP contribution in [0.4, 0.5) is 0 Å². The highest BCUT2D eigenvalue weighted by atomic mass is 16.2. The number of hydrogen-bond donors (Lipinski definition) is 0. The zero-order valence-corrected chi connectivity index (χ0v) is 9.33. The molecule has 1 heterocycles. The molecule has 0 radical (unpaired) electrons. The van der Waals surface area contributed by atoms with Crippen LogP contribution in [0.25, 0.3) is 0 Å². The van der Waals surface area contributed by atoms with E-state index >= 15 is 0 Å². The largest absolute Gasteiger partial charge is 0.342 e. The molecule has 1 saturated carbocycles. The Bertz CT molecular complexity index is 293. The van der Waals surface area contributed by atoms with Gasteiger partial charge in [-0.25, -0.2) is 0 Å². The molecule has 0 N–H and O–H groups in total. The van der Waals surface area contributed by atoms with E-state index in [4.69, 9.17) is 5.26 Å². The third-order valence-electron chi connectivity index (χ3n) is 3.90. The first kappa shape index (κ1) is 10.5. The minimum atomic E-state index is -0.198. The van der Waals surface area contributed by atoms with E-state index in [1.165, 1.54) is 6.42 Å². The molecule has 1 saturated heterocycles. The van der Waals surface area contributed by atoms with Crippen LogP contribution in [0.3, 0.4) is 0 Å². The van der Waals surface area contributed by atoms with E-state index in [0.29, 0.717) is 11.8 Å². The fourth-order valence-electron chi connectivity index (χ4n) is 2.25. The minimum Gasteiger partial charge on any atom is -0.342 e. The smallest absolute Gasteiger partial charge is 0.225 e. The van der Waals surface area contributed by atoms with Gasteiger partial charge >= 0.3 is 0 Å². The van der Waals surface area contributed by atoms with Crippen molar-refractivity contribution in [3.05, 3.63) is 0 Å². The van der Waals surface area contributed by atoms with E-state index in [0.717, 1.165) is 38.8 Å². The summed E-state index contributed by atoms with van der Waals surface area (Å²) in [6.45, 7) is 3.55. The molecule has 0 aromatic rings. The van der Waals surface area contributed by atoms with Crippen LogP contribution >= 0.6 is 0 Å². The quantitative estimate of drug-likeness (QED) is 0.658. The summed E-state index contributed by atoms with van der Waals surface area (Å²) in [5.41, 5.74) is -0.198. The number of nitriles is 1. The average molecular weight is 206 g/mol. The molecule has 1 aliphatic heterocycles. The summed E-state index contributed by atoms with van der Waals surface area (Å²) < 4.78 is 0. The Kier molecular flexibility index (Phi) is 2.68. The number of hydrogen-bond acceptors (Lipinski definition) is 2. The summed E-state index contributed by atoms with van der Waals surface area (Å²) in [4.78, 5) is 13.9. The Labute approximate surface area is 91.1 Å². The van der Waals surface area contributed by atoms with Crippen molar-refractivity contribution in [3.63, 3.8) is 0 Å². The zero-order chi connectivity index (χ0) is 10.9. The van der Waals surface area contributed by atoms with Crippen LogP contribution in [0.15, 0.2) is 0 Å². The van der Waals surface area contributed by atoms with Crippen molar-refractivity contribution in [1.29, 1.82) is 5.26 Å². The molecule has 0 aromatic heterocycles. The Morgan fingerprint density at radius 2 is 2.00 bits per heavy atom. The summed E-state index contributed by atoms with van der Waals surface area (Å²) in [6, 6.07) is 2.36. The van der Waals surface area contributed by atoms with Crippen molar-refractivity contribution >= 4 is 5.91 Å². The maximum absolute atomic E-state index is 11.9. The summed E-state index contributed by atoms with van der Waals surface area (Å²) in [5.74, 6) is 0.637. The van der Waals surface area contributed by atoms with Crippen molar-refractivity contribution in [2.45, 2.75) is 39.0 Å². The molecule has 82 valence electrons. The maximum atomic E-state index is 11.9. The second kappa shape index (κ2) is 3.84. The number of amides is 1. The van der Waals surface area contributed by atoms with E-state index in [1.54, 1.807) is 0 Å². The van der Waals surface area contributed by atoms with E-state index in [-0.39, 0.29) is 5.41 Å². The van der Waals surface area contributed by atoms with Gasteiger partial charge in [-0.1, -0.05) is 6.42 Å². The molecule has 2 fully saturated rings. The van der Waals surface area contributed by atoms with Crippen molar-refractivity contribution < 1.29 is 4.79 Å². The molecule has 3 heteroatoms. The monoisotopic (exact) mass is 206 g/mol. The lowest BCUT2D eigenvalue weighted by Crippen LogP contribution is -2.45. The molecule has 2 aliphatic rings. The molecule has 1 amide bonds. The highest BCUT2D eigenvalue weighted by Gasteiger charge is 2.35. The minimum absolute atomic E-state index is 0.198. The SMILES string of the molecule is CC1(C#N)CCN(C(=O)C2CCC2)CC1. The predicted molar refractivity (Wildman–Crippen MR) is 56.9 cm³/mol. The van der Waals surface area contributed by atoms with Crippen molar-refractivity contribution in [2.24, 2.45) is 11.3 Å². The molecule has 0 bridgehead atoms. The van der Waals surface area contributed by atoms with Crippen LogP contribution in [-0.4, -0.2) is 23.9 Å². The molecule has 0 atom stereocenters. The van der Waals surface area contributed by atoms with Crippen molar-refractivity contribution in [3.8, 4) is 6.07 Å². The second-order valence-electron chi connectivity index (χ2n) is 5.13. The van der Waals surface area contributed by atoms with Gasteiger partial charge in [0.1, 0.15) is 0 Å². The Morgan fingerprint density at radius 3 is 2.40 bits per heavy atom. The molecular formula is C12H18N2O. The second-order valence-corrected chi connectivity index (χ2v) is 5.13. The summed E-state index contributed by atoms with van der Waals surface area (Å²) in [5, 5.41) is 8.99. The van der Waals surface area contributed by atoms with Crippen molar-refractivity contribution in [1.82, 2.24) is 4.90 Å². The third kappa shape index (κ3) is 1.99. The summed E-state index contributed by atoms with van der Waals surface area (Å²) in [6.07, 6.45) is 5.03. The van der Waals surface area contributed by atoms with Gasteiger partial charge < -0.3 is 4.90 Å². The van der Waals surface area contributed by atoms with Crippen LogP contribution in [0.1, 0.15) is 39.0 Å².